The van der Waals surface area contributed by atoms with Crippen molar-refractivity contribution in [3.63, 3.8) is 0 Å². The summed E-state index contributed by atoms with van der Waals surface area (Å²) in [6, 6.07) is 67.9. The van der Waals surface area contributed by atoms with Crippen LogP contribution in [0, 0.1) is 10.1 Å². The average Bonchev–Trinajstić information content (AvgIpc) is 3.71. The first-order valence-corrected chi connectivity index (χ1v) is 17.3. The van der Waals surface area contributed by atoms with E-state index in [9.17, 15) is 10.1 Å². The third-order valence-corrected chi connectivity index (χ3v) is 10.1. The molecule has 0 unspecified atom stereocenters. The van der Waals surface area contributed by atoms with Crippen LogP contribution >= 0.6 is 0 Å². The summed E-state index contributed by atoms with van der Waals surface area (Å²) in [5, 5.41) is 19.5. The fourth-order valence-corrected chi connectivity index (χ4v) is 8.10. The number of non-ortho nitro benzene ring substituents is 1. The van der Waals surface area contributed by atoms with E-state index < -0.39 is 11.3 Å². The molecule has 2 heterocycles. The number of rotatable bonds is 7. The maximum absolute atomic E-state index is 11.8. The summed E-state index contributed by atoms with van der Waals surface area (Å²) in [6.45, 7) is 0. The van der Waals surface area contributed by atoms with E-state index in [2.05, 4.69) is 148 Å². The molecule has 7 heteroatoms. The van der Waals surface area contributed by atoms with Crippen molar-refractivity contribution >= 4 is 28.6 Å². The summed E-state index contributed by atoms with van der Waals surface area (Å²) in [6.07, 6.45) is 0. The SMILES string of the molecule is O=[N+]([O-])c1ccc(C2=NN(c3ccccc3)[C@@]3(c4ccccc4C(c4ccccc4)(c4ccccc4)N3c3ccccc3)N2c2ccccc2)cc1. The van der Waals surface area contributed by atoms with Gasteiger partial charge in [-0.1, -0.05) is 140 Å². The molecule has 0 saturated carbocycles. The van der Waals surface area contributed by atoms with E-state index >= 15 is 0 Å². The molecule has 1 atom stereocenters. The van der Waals surface area contributed by atoms with Crippen LogP contribution in [0.4, 0.5) is 22.7 Å². The van der Waals surface area contributed by atoms with Crippen LogP contribution in [0.2, 0.25) is 0 Å². The third-order valence-electron chi connectivity index (χ3n) is 10.1. The number of nitro benzene ring substituents is 1. The molecule has 0 amide bonds. The van der Waals surface area contributed by atoms with E-state index in [0.29, 0.717) is 5.84 Å². The molecule has 0 aliphatic carbocycles. The van der Waals surface area contributed by atoms with Gasteiger partial charge in [0.2, 0.25) is 5.79 Å². The van der Waals surface area contributed by atoms with Gasteiger partial charge >= 0.3 is 0 Å². The lowest BCUT2D eigenvalue weighted by molar-refractivity contribution is -0.384. The van der Waals surface area contributed by atoms with Crippen LogP contribution in [0.5, 0.6) is 0 Å². The van der Waals surface area contributed by atoms with Crippen molar-refractivity contribution < 1.29 is 4.92 Å². The van der Waals surface area contributed by atoms with E-state index in [1.54, 1.807) is 24.3 Å². The zero-order valence-electron chi connectivity index (χ0n) is 28.1. The highest BCUT2D eigenvalue weighted by molar-refractivity contribution is 6.14. The first-order chi connectivity index (χ1) is 25.6. The van der Waals surface area contributed by atoms with Crippen molar-refractivity contribution in [1.29, 1.82) is 0 Å². The van der Waals surface area contributed by atoms with Gasteiger partial charge in [0.05, 0.1) is 10.6 Å². The lowest BCUT2D eigenvalue weighted by atomic mass is 9.77. The molecular formula is C45H33N5O2. The van der Waals surface area contributed by atoms with Crippen molar-refractivity contribution in [2.45, 2.75) is 11.3 Å². The predicted octanol–water partition coefficient (Wildman–Crippen LogP) is 9.91. The van der Waals surface area contributed by atoms with Gasteiger partial charge in [-0.15, -0.1) is 5.10 Å². The van der Waals surface area contributed by atoms with Crippen molar-refractivity contribution in [1.82, 2.24) is 0 Å². The predicted molar refractivity (Wildman–Crippen MR) is 207 cm³/mol. The van der Waals surface area contributed by atoms with E-state index in [1.165, 1.54) is 0 Å². The minimum atomic E-state index is -1.15. The zero-order chi connectivity index (χ0) is 35.1. The molecule has 7 aromatic carbocycles. The Morgan fingerprint density at radius 1 is 0.481 bits per heavy atom. The lowest BCUT2D eigenvalue weighted by Gasteiger charge is -2.53. The van der Waals surface area contributed by atoms with E-state index in [1.807, 2.05) is 42.5 Å². The standard InChI is InChI=1S/C45H33N5O2/c51-50(52)40-32-30-34(31-33-40)43-46-49(39-26-14-5-15-27-39)45(47(43)37-22-10-3-11-23-37)42-29-17-16-28-41(42)44(35-18-6-1-7-19-35,36-20-8-2-9-21-36)48(45)38-24-12-4-13-25-38/h1-33H/t45-/m0/s1. The third kappa shape index (κ3) is 4.49. The Hall–Kier alpha value is -6.99. The maximum atomic E-state index is 11.8. The molecule has 7 aromatic rings. The number of hydrazone groups is 1. The number of amidine groups is 1. The summed E-state index contributed by atoms with van der Waals surface area (Å²) in [5.41, 5.74) is 7.02. The molecular weight excluding hydrogens is 643 g/mol. The highest BCUT2D eigenvalue weighted by atomic mass is 16.6. The number of hydrogen-bond acceptors (Lipinski definition) is 6. The molecule has 0 radical (unpaired) electrons. The Kier molecular flexibility index (Phi) is 7.40. The molecule has 0 fully saturated rings. The number of hydrogen-bond donors (Lipinski definition) is 0. The molecule has 0 N–H and O–H groups in total. The Balaban J connectivity index is 1.48. The first-order valence-electron chi connectivity index (χ1n) is 17.3. The van der Waals surface area contributed by atoms with Crippen molar-refractivity contribution in [3.8, 4) is 0 Å². The van der Waals surface area contributed by atoms with Crippen LogP contribution in [0.3, 0.4) is 0 Å². The van der Waals surface area contributed by atoms with Crippen molar-refractivity contribution in [2.24, 2.45) is 5.10 Å². The van der Waals surface area contributed by atoms with Gasteiger partial charge in [-0.3, -0.25) is 15.0 Å². The number of fused-ring (bicyclic) bond motifs is 2. The van der Waals surface area contributed by atoms with Gasteiger partial charge < -0.3 is 4.90 Å². The van der Waals surface area contributed by atoms with Crippen LogP contribution in [-0.2, 0) is 11.3 Å². The normalized spacial score (nSPS) is 17.2. The molecule has 0 bridgehead atoms. The molecule has 0 aromatic heterocycles. The monoisotopic (exact) mass is 675 g/mol. The largest absolute Gasteiger partial charge is 0.308 e. The fourth-order valence-electron chi connectivity index (χ4n) is 8.10. The van der Waals surface area contributed by atoms with Crippen LogP contribution in [0.25, 0.3) is 0 Å². The van der Waals surface area contributed by atoms with Gasteiger partial charge in [0, 0.05) is 34.6 Å². The fraction of sp³-hybridized carbons (Fsp3) is 0.0444. The maximum Gasteiger partial charge on any atom is 0.269 e. The highest BCUT2D eigenvalue weighted by Crippen LogP contribution is 2.63. The lowest BCUT2D eigenvalue weighted by Crippen LogP contribution is -2.66. The topological polar surface area (TPSA) is 65.2 Å². The van der Waals surface area contributed by atoms with Gasteiger partial charge in [-0.2, -0.15) is 0 Å². The number of para-hydroxylation sites is 3. The first kappa shape index (κ1) is 31.0. The second-order valence-electron chi connectivity index (χ2n) is 12.8. The molecule has 250 valence electrons. The molecule has 52 heavy (non-hydrogen) atoms. The van der Waals surface area contributed by atoms with Crippen LogP contribution in [0.15, 0.2) is 205 Å². The van der Waals surface area contributed by atoms with Crippen LogP contribution < -0.4 is 14.8 Å². The van der Waals surface area contributed by atoms with E-state index in [0.717, 1.165) is 44.9 Å². The summed E-state index contributed by atoms with van der Waals surface area (Å²) in [4.78, 5) is 16.3. The minimum Gasteiger partial charge on any atom is -0.308 e. The summed E-state index contributed by atoms with van der Waals surface area (Å²) >= 11 is 0. The summed E-state index contributed by atoms with van der Waals surface area (Å²) in [5.74, 6) is -0.499. The second-order valence-corrected chi connectivity index (χ2v) is 12.8. The molecule has 7 nitrogen and oxygen atoms in total. The smallest absolute Gasteiger partial charge is 0.269 e. The molecule has 1 spiro atoms. The molecule has 2 aliphatic heterocycles. The highest BCUT2D eigenvalue weighted by Gasteiger charge is 2.68. The zero-order valence-corrected chi connectivity index (χ0v) is 28.1. The number of benzene rings is 7. The Labute approximate surface area is 302 Å². The van der Waals surface area contributed by atoms with Crippen LogP contribution in [-0.4, -0.2) is 10.8 Å². The Morgan fingerprint density at radius 2 is 0.923 bits per heavy atom. The van der Waals surface area contributed by atoms with Crippen LogP contribution in [0.1, 0.15) is 27.8 Å². The summed E-state index contributed by atoms with van der Waals surface area (Å²) < 4.78 is 0. The van der Waals surface area contributed by atoms with Gasteiger partial charge in [0.25, 0.3) is 5.69 Å². The number of nitro groups is 1. The molecule has 0 saturated heterocycles. The van der Waals surface area contributed by atoms with E-state index in [4.69, 9.17) is 5.10 Å². The van der Waals surface area contributed by atoms with Gasteiger partial charge in [-0.05, 0) is 65.2 Å². The quantitative estimate of drug-likeness (QED) is 0.124. The number of anilines is 3. The van der Waals surface area contributed by atoms with Gasteiger partial charge in [0.15, 0.2) is 5.84 Å². The second kappa shape index (κ2) is 12.4. The average molecular weight is 676 g/mol. The summed E-state index contributed by atoms with van der Waals surface area (Å²) in [7, 11) is 0. The van der Waals surface area contributed by atoms with Crippen molar-refractivity contribution in [3.05, 3.63) is 238 Å². The molecule has 2 aliphatic rings. The Bertz CT molecular complexity index is 2350. The molecule has 9 rings (SSSR count). The number of nitrogens with zero attached hydrogens (tertiary/aromatic N) is 5. The van der Waals surface area contributed by atoms with E-state index in [-0.39, 0.29) is 10.6 Å². The van der Waals surface area contributed by atoms with Gasteiger partial charge in [0.1, 0.15) is 5.54 Å². The minimum absolute atomic E-state index is 0.0209. The Morgan fingerprint density at radius 3 is 1.44 bits per heavy atom. The van der Waals surface area contributed by atoms with Gasteiger partial charge in [-0.25, -0.2) is 5.01 Å². The van der Waals surface area contributed by atoms with Crippen molar-refractivity contribution in [2.75, 3.05) is 14.8 Å².